The average Bonchev–Trinajstić information content (AvgIpc) is 3.03. The highest BCUT2D eigenvalue weighted by Gasteiger charge is 2.35. The highest BCUT2D eigenvalue weighted by Crippen LogP contribution is 2.26. The lowest BCUT2D eigenvalue weighted by Gasteiger charge is -2.39. The minimum Gasteiger partial charge on any atom is -0.488 e. The summed E-state index contributed by atoms with van der Waals surface area (Å²) in [4.78, 5) is 49.3. The van der Waals surface area contributed by atoms with E-state index in [4.69, 9.17) is 9.47 Å². The Morgan fingerprint density at radius 1 is 0.930 bits per heavy atom. The maximum absolute atomic E-state index is 14.6. The number of piperidine rings is 1. The van der Waals surface area contributed by atoms with Crippen LogP contribution in [0.2, 0.25) is 0 Å². The van der Waals surface area contributed by atoms with Crippen molar-refractivity contribution < 1.29 is 28.2 Å². The lowest BCUT2D eigenvalue weighted by Crippen LogP contribution is -2.58. The van der Waals surface area contributed by atoms with Crippen LogP contribution in [0, 0.1) is 5.82 Å². The average molecular weight is 582 g/mol. The van der Waals surface area contributed by atoms with Gasteiger partial charge in [-0.1, -0.05) is 12.1 Å². The molecule has 2 N–H and O–H groups in total. The fraction of sp³-hybridized carbons (Fsp3) is 0.219. The predicted molar refractivity (Wildman–Crippen MR) is 154 cm³/mol. The molecule has 11 heteroatoms. The quantitative estimate of drug-likeness (QED) is 0.353. The van der Waals surface area contributed by atoms with E-state index in [9.17, 15) is 18.8 Å². The summed E-state index contributed by atoms with van der Waals surface area (Å²) in [5.74, 6) is -0.818. The second-order valence-electron chi connectivity index (χ2n) is 10.4. The molecule has 6 rings (SSSR count). The summed E-state index contributed by atoms with van der Waals surface area (Å²) < 4.78 is 26.5. The van der Waals surface area contributed by atoms with Crippen LogP contribution in [0.1, 0.15) is 32.7 Å². The summed E-state index contributed by atoms with van der Waals surface area (Å²) in [5.41, 5.74) is 2.66. The number of aromatic nitrogens is 2. The first-order valence-electron chi connectivity index (χ1n) is 13.8. The normalized spacial score (nSPS) is 18.8. The fourth-order valence-electron chi connectivity index (χ4n) is 5.17. The molecule has 1 fully saturated rings. The number of amides is 3. The van der Waals surface area contributed by atoms with Gasteiger partial charge in [0.1, 0.15) is 23.4 Å². The first-order chi connectivity index (χ1) is 20.9. The number of likely N-dealkylation sites (tertiary alicyclic amines) is 1. The van der Waals surface area contributed by atoms with Crippen LogP contribution in [0.25, 0.3) is 11.1 Å². The Morgan fingerprint density at radius 3 is 2.67 bits per heavy atom. The van der Waals surface area contributed by atoms with Gasteiger partial charge in [0, 0.05) is 62.5 Å². The Hall–Kier alpha value is -5.32. The summed E-state index contributed by atoms with van der Waals surface area (Å²) in [6.45, 7) is 0.345. The molecule has 2 aromatic heterocycles. The van der Waals surface area contributed by atoms with Crippen LogP contribution in [0.15, 0.2) is 85.5 Å². The number of halogens is 1. The predicted octanol–water partition coefficient (Wildman–Crippen LogP) is 3.38. The van der Waals surface area contributed by atoms with E-state index >= 15 is 0 Å². The Balaban J connectivity index is 1.34. The van der Waals surface area contributed by atoms with Crippen molar-refractivity contribution in [1.82, 2.24) is 25.5 Å². The maximum Gasteiger partial charge on any atom is 0.258 e. The van der Waals surface area contributed by atoms with Crippen molar-refractivity contribution >= 4 is 17.7 Å². The molecule has 1 saturated heterocycles. The van der Waals surface area contributed by atoms with E-state index < -0.39 is 23.9 Å². The van der Waals surface area contributed by atoms with Gasteiger partial charge in [-0.05, 0) is 53.6 Å². The van der Waals surface area contributed by atoms with Gasteiger partial charge in [-0.15, -0.1) is 0 Å². The number of nitrogens with one attached hydrogen (secondary N) is 2. The molecule has 6 bridgehead atoms. The molecular formula is C32H28FN5O5. The van der Waals surface area contributed by atoms with E-state index in [2.05, 4.69) is 20.6 Å². The number of ether oxygens (including phenoxy) is 2. The highest BCUT2D eigenvalue weighted by molar-refractivity contribution is 5.96. The minimum atomic E-state index is -0.629. The van der Waals surface area contributed by atoms with Gasteiger partial charge in [0.25, 0.3) is 17.7 Å². The molecule has 2 aliphatic heterocycles. The number of nitrogens with zero attached hydrogens (tertiary/aromatic N) is 3. The third kappa shape index (κ3) is 6.61. The van der Waals surface area contributed by atoms with Crippen LogP contribution < -0.4 is 20.1 Å². The molecule has 43 heavy (non-hydrogen) atoms. The maximum atomic E-state index is 14.6. The standard InChI is InChI=1S/C32H28FN5O5/c33-25-9-20-10-27(13-25)43-29-6-8-38(32(41)22-4-2-7-34-15-22)18-28(29)37-31(40)24-11-23(16-35-17-24)21-3-1-5-26(12-21)42-19-30(39)36-14-20/h1-5,7,9-13,15-17,28-29H,6,8,14,18-19H2,(H,36,39)(H,37,40)/t28-,29+/m1/s1. The van der Waals surface area contributed by atoms with Crippen molar-refractivity contribution in [2.75, 3.05) is 19.7 Å². The monoisotopic (exact) mass is 581 g/mol. The molecule has 10 nitrogen and oxygen atoms in total. The van der Waals surface area contributed by atoms with Crippen molar-refractivity contribution in [2.45, 2.75) is 25.1 Å². The Kier molecular flexibility index (Phi) is 7.94. The molecule has 0 aliphatic carbocycles. The van der Waals surface area contributed by atoms with Crippen LogP contribution in [0.3, 0.4) is 0 Å². The summed E-state index contributed by atoms with van der Waals surface area (Å²) in [7, 11) is 0. The number of carbonyl (C=O) groups excluding carboxylic acids is 3. The molecule has 2 atom stereocenters. The molecule has 3 amide bonds. The van der Waals surface area contributed by atoms with Crippen molar-refractivity contribution in [3.8, 4) is 22.6 Å². The smallest absolute Gasteiger partial charge is 0.258 e. The molecule has 0 unspecified atom stereocenters. The molecule has 0 spiro atoms. The number of carbonyl (C=O) groups is 3. The second kappa shape index (κ2) is 12.3. The first kappa shape index (κ1) is 27.8. The first-order valence-corrected chi connectivity index (χ1v) is 13.8. The third-order valence-electron chi connectivity index (χ3n) is 7.31. The van der Waals surface area contributed by atoms with Gasteiger partial charge < -0.3 is 25.0 Å². The highest BCUT2D eigenvalue weighted by atomic mass is 19.1. The van der Waals surface area contributed by atoms with E-state index in [1.807, 2.05) is 6.07 Å². The van der Waals surface area contributed by atoms with Crippen molar-refractivity contribution in [1.29, 1.82) is 0 Å². The Morgan fingerprint density at radius 2 is 1.81 bits per heavy atom. The molecule has 2 aromatic carbocycles. The minimum absolute atomic E-state index is 0.0616. The summed E-state index contributed by atoms with van der Waals surface area (Å²) in [6.07, 6.45) is 5.99. The van der Waals surface area contributed by atoms with Crippen molar-refractivity contribution in [3.05, 3.63) is 108 Å². The summed E-state index contributed by atoms with van der Waals surface area (Å²) in [6, 6.07) is 15.8. The van der Waals surface area contributed by atoms with Gasteiger partial charge in [-0.2, -0.15) is 0 Å². The van der Waals surface area contributed by atoms with Gasteiger partial charge in [-0.25, -0.2) is 4.39 Å². The molecule has 0 saturated carbocycles. The topological polar surface area (TPSA) is 123 Å². The lowest BCUT2D eigenvalue weighted by atomic mass is 10.00. The molecule has 4 aromatic rings. The third-order valence-corrected chi connectivity index (χ3v) is 7.31. The fourth-order valence-corrected chi connectivity index (χ4v) is 5.17. The van der Waals surface area contributed by atoms with Crippen LogP contribution in [-0.2, 0) is 11.3 Å². The van der Waals surface area contributed by atoms with Gasteiger partial charge in [0.15, 0.2) is 6.61 Å². The molecule has 2 aliphatic rings. The second-order valence-corrected chi connectivity index (χ2v) is 10.4. The van der Waals surface area contributed by atoms with Crippen molar-refractivity contribution in [3.63, 3.8) is 0 Å². The molecule has 218 valence electrons. The molecular weight excluding hydrogens is 553 g/mol. The number of hydrogen-bond donors (Lipinski definition) is 2. The van der Waals surface area contributed by atoms with Crippen LogP contribution >= 0.6 is 0 Å². The zero-order chi connectivity index (χ0) is 29.8. The van der Waals surface area contributed by atoms with Crippen LogP contribution in [-0.4, -0.2) is 64.4 Å². The van der Waals surface area contributed by atoms with Gasteiger partial charge in [0.05, 0.1) is 17.2 Å². The van der Waals surface area contributed by atoms with E-state index in [0.717, 1.165) is 5.56 Å². The largest absolute Gasteiger partial charge is 0.488 e. The van der Waals surface area contributed by atoms with E-state index in [-0.39, 0.29) is 37.3 Å². The van der Waals surface area contributed by atoms with Crippen molar-refractivity contribution in [2.24, 2.45) is 0 Å². The van der Waals surface area contributed by atoms with Gasteiger partial charge >= 0.3 is 0 Å². The van der Waals surface area contributed by atoms with Gasteiger partial charge in [0.2, 0.25) is 0 Å². The SMILES string of the molecule is O=C1COc2cccc(c2)-c2cncc(c2)C(=O)N[C@@H]2CN(C(=O)c3cccnc3)CC[C@@H]2Oc2cc(F)cc(c2)CN1. The zero-order valence-corrected chi connectivity index (χ0v) is 23.0. The molecule has 4 heterocycles. The summed E-state index contributed by atoms with van der Waals surface area (Å²) in [5, 5.41) is 5.76. The number of pyridine rings is 2. The van der Waals surface area contributed by atoms with Gasteiger partial charge in [-0.3, -0.25) is 24.4 Å². The number of fused-ring (bicyclic) bond motifs is 8. The van der Waals surface area contributed by atoms with Crippen LogP contribution in [0.5, 0.6) is 11.5 Å². The number of rotatable bonds is 1. The van der Waals surface area contributed by atoms with E-state index in [0.29, 0.717) is 41.0 Å². The zero-order valence-electron chi connectivity index (χ0n) is 23.0. The lowest BCUT2D eigenvalue weighted by molar-refractivity contribution is -0.123. The number of benzene rings is 2. The van der Waals surface area contributed by atoms with E-state index in [1.54, 1.807) is 59.8 Å². The Bertz CT molecular complexity index is 1670. The van der Waals surface area contributed by atoms with E-state index in [1.165, 1.54) is 24.5 Å². The summed E-state index contributed by atoms with van der Waals surface area (Å²) >= 11 is 0. The van der Waals surface area contributed by atoms with Crippen LogP contribution in [0.4, 0.5) is 4.39 Å². The Labute approximate surface area is 246 Å². The number of hydrogen-bond acceptors (Lipinski definition) is 7. The molecule has 0 radical (unpaired) electrons.